The lowest BCUT2D eigenvalue weighted by Crippen LogP contribution is -2.34. The Labute approximate surface area is 198 Å². The van der Waals surface area contributed by atoms with Crippen molar-refractivity contribution in [2.75, 3.05) is 37.4 Å². The summed E-state index contributed by atoms with van der Waals surface area (Å²) in [5, 5.41) is 13.7. The highest BCUT2D eigenvalue weighted by atomic mass is 32.1. The van der Waals surface area contributed by atoms with Gasteiger partial charge >= 0.3 is 6.36 Å². The minimum Gasteiger partial charge on any atom is -0.406 e. The molecule has 3 aromatic rings. The number of aromatic nitrogens is 2. The third-order valence-electron chi connectivity index (χ3n) is 5.37. The maximum absolute atomic E-state index is 12.7. The third kappa shape index (κ3) is 5.50. The van der Waals surface area contributed by atoms with Crippen LogP contribution in [0, 0.1) is 6.92 Å². The van der Waals surface area contributed by atoms with Gasteiger partial charge in [-0.25, -0.2) is 4.98 Å². The summed E-state index contributed by atoms with van der Waals surface area (Å²) in [6.45, 7) is 2.38. The number of ether oxygens (including phenoxy) is 1. The molecular formula is C22H24F3N5O3S. The Morgan fingerprint density at radius 1 is 1.26 bits per heavy atom. The fourth-order valence-corrected chi connectivity index (χ4v) is 4.82. The van der Waals surface area contributed by atoms with Gasteiger partial charge in [0.1, 0.15) is 5.75 Å². The van der Waals surface area contributed by atoms with Gasteiger partial charge in [0.15, 0.2) is 5.82 Å². The molecule has 182 valence electrons. The number of carbonyl (C=O) groups is 1. The fraction of sp³-hybridized carbons (Fsp3) is 0.409. The molecule has 0 unspecified atom stereocenters. The molecule has 2 aromatic heterocycles. The maximum atomic E-state index is 12.7. The number of nitrogens with zero attached hydrogens (tertiary/aromatic N) is 4. The molecule has 1 saturated heterocycles. The Balaban J connectivity index is 1.41. The number of nitrogens with one attached hydrogen (secondary N) is 1. The fourth-order valence-electron chi connectivity index (χ4n) is 3.80. The Hall–Kier alpha value is -3.12. The van der Waals surface area contributed by atoms with Crippen molar-refractivity contribution >= 4 is 39.2 Å². The van der Waals surface area contributed by atoms with E-state index in [1.165, 1.54) is 29.2 Å². The number of amides is 1. The topological polar surface area (TPSA) is 90.8 Å². The molecule has 0 radical (unpaired) electrons. The molecule has 0 bridgehead atoms. The SMILES string of the molecule is Cc1cc2nc(N[C@@H]3CN(C(=O)Cc4ccc(OC(F)(F)F)cc4)C[C@H]3O)nc(N(C)C)c2s1. The van der Waals surface area contributed by atoms with E-state index in [-0.39, 0.29) is 31.2 Å². The summed E-state index contributed by atoms with van der Waals surface area (Å²) < 4.78 is 41.7. The lowest BCUT2D eigenvalue weighted by molar-refractivity contribution is -0.274. The Bertz CT molecular complexity index is 1180. The molecule has 0 spiro atoms. The lowest BCUT2D eigenvalue weighted by atomic mass is 10.1. The zero-order valence-corrected chi connectivity index (χ0v) is 19.6. The number of hydrogen-bond acceptors (Lipinski definition) is 8. The number of benzene rings is 1. The average molecular weight is 496 g/mol. The average Bonchev–Trinajstić information content (AvgIpc) is 3.29. The summed E-state index contributed by atoms with van der Waals surface area (Å²) in [5.41, 5.74) is 1.35. The summed E-state index contributed by atoms with van der Waals surface area (Å²) in [4.78, 5) is 26.4. The Morgan fingerprint density at radius 3 is 2.62 bits per heavy atom. The minimum absolute atomic E-state index is 0.00679. The van der Waals surface area contributed by atoms with Crippen molar-refractivity contribution in [2.24, 2.45) is 0 Å². The van der Waals surface area contributed by atoms with Crippen LogP contribution in [0.5, 0.6) is 5.75 Å². The summed E-state index contributed by atoms with van der Waals surface area (Å²) in [6.07, 6.45) is -5.60. The normalized spacial score (nSPS) is 18.4. The van der Waals surface area contributed by atoms with Crippen molar-refractivity contribution < 1.29 is 27.8 Å². The quantitative estimate of drug-likeness (QED) is 0.543. The number of aliphatic hydroxyl groups excluding tert-OH is 1. The van der Waals surface area contributed by atoms with Gasteiger partial charge in [0.25, 0.3) is 0 Å². The monoisotopic (exact) mass is 495 g/mol. The van der Waals surface area contributed by atoms with Crippen molar-refractivity contribution in [3.8, 4) is 5.75 Å². The molecule has 1 aromatic carbocycles. The van der Waals surface area contributed by atoms with Gasteiger partial charge < -0.3 is 25.0 Å². The van der Waals surface area contributed by atoms with Crippen LogP contribution >= 0.6 is 11.3 Å². The molecule has 1 amide bonds. The molecule has 0 aliphatic carbocycles. The Kier molecular flexibility index (Phi) is 6.54. The summed E-state index contributed by atoms with van der Waals surface area (Å²) in [7, 11) is 3.79. The van der Waals surface area contributed by atoms with E-state index in [1.807, 2.05) is 32.0 Å². The third-order valence-corrected chi connectivity index (χ3v) is 6.40. The number of anilines is 2. The van der Waals surface area contributed by atoms with E-state index in [2.05, 4.69) is 20.0 Å². The molecule has 34 heavy (non-hydrogen) atoms. The molecule has 1 aliphatic rings. The number of aliphatic hydroxyl groups is 1. The highest BCUT2D eigenvalue weighted by molar-refractivity contribution is 7.19. The molecule has 2 atom stereocenters. The highest BCUT2D eigenvalue weighted by Crippen LogP contribution is 2.32. The number of rotatable bonds is 6. The van der Waals surface area contributed by atoms with E-state index in [1.54, 1.807) is 11.3 Å². The predicted molar refractivity (Wildman–Crippen MR) is 123 cm³/mol. The summed E-state index contributed by atoms with van der Waals surface area (Å²) in [5.74, 6) is 0.544. The number of β-amino-alcohol motifs (C(OH)–C–C–N with tert-alkyl or cyclic N) is 1. The van der Waals surface area contributed by atoms with E-state index in [9.17, 15) is 23.1 Å². The second-order valence-corrected chi connectivity index (χ2v) is 9.58. The van der Waals surface area contributed by atoms with Gasteiger partial charge in [0.05, 0.1) is 28.8 Å². The van der Waals surface area contributed by atoms with Crippen LogP contribution in [0.1, 0.15) is 10.4 Å². The number of fused-ring (bicyclic) bond motifs is 1. The number of hydrogen-bond donors (Lipinski definition) is 2. The van der Waals surface area contributed by atoms with Gasteiger partial charge in [-0.15, -0.1) is 24.5 Å². The van der Waals surface area contributed by atoms with Crippen molar-refractivity contribution in [3.05, 3.63) is 40.8 Å². The van der Waals surface area contributed by atoms with Crippen LogP contribution in [0.15, 0.2) is 30.3 Å². The van der Waals surface area contributed by atoms with E-state index in [0.29, 0.717) is 11.5 Å². The summed E-state index contributed by atoms with van der Waals surface area (Å²) >= 11 is 1.61. The van der Waals surface area contributed by atoms with Gasteiger partial charge in [0, 0.05) is 32.1 Å². The van der Waals surface area contributed by atoms with Crippen LogP contribution in [-0.2, 0) is 11.2 Å². The smallest absolute Gasteiger partial charge is 0.406 e. The van der Waals surface area contributed by atoms with Crippen molar-refractivity contribution in [2.45, 2.75) is 31.9 Å². The van der Waals surface area contributed by atoms with Crippen LogP contribution < -0.4 is 15.0 Å². The summed E-state index contributed by atoms with van der Waals surface area (Å²) in [6, 6.07) is 6.68. The van der Waals surface area contributed by atoms with Gasteiger partial charge in [-0.1, -0.05) is 12.1 Å². The number of halogens is 3. The van der Waals surface area contributed by atoms with Gasteiger partial charge in [-0.3, -0.25) is 4.79 Å². The zero-order valence-electron chi connectivity index (χ0n) is 18.8. The van der Waals surface area contributed by atoms with Crippen LogP contribution in [0.3, 0.4) is 0 Å². The molecule has 12 heteroatoms. The van der Waals surface area contributed by atoms with Crippen LogP contribution in [-0.4, -0.2) is 71.6 Å². The second-order valence-electron chi connectivity index (χ2n) is 8.32. The largest absolute Gasteiger partial charge is 0.573 e. The number of alkyl halides is 3. The zero-order chi connectivity index (χ0) is 24.6. The first-order valence-electron chi connectivity index (χ1n) is 10.5. The predicted octanol–water partition coefficient (Wildman–Crippen LogP) is 3.19. The van der Waals surface area contributed by atoms with E-state index >= 15 is 0 Å². The van der Waals surface area contributed by atoms with Crippen molar-refractivity contribution in [1.82, 2.24) is 14.9 Å². The maximum Gasteiger partial charge on any atom is 0.573 e. The molecule has 2 N–H and O–H groups in total. The molecule has 3 heterocycles. The highest BCUT2D eigenvalue weighted by Gasteiger charge is 2.35. The second kappa shape index (κ2) is 9.26. The first kappa shape index (κ1) is 24.0. The van der Waals surface area contributed by atoms with Gasteiger partial charge in [0.2, 0.25) is 11.9 Å². The molecule has 8 nitrogen and oxygen atoms in total. The van der Waals surface area contributed by atoms with E-state index < -0.39 is 18.5 Å². The minimum atomic E-state index is -4.77. The standard InChI is InChI=1S/C22H24F3N5O3S/c1-12-8-15-19(34-12)20(29(2)3)28-21(26-15)27-16-10-30(11-17(16)31)18(32)9-13-4-6-14(7-5-13)33-22(23,24)25/h4-8,16-17,31H,9-11H2,1-3H3,(H,26,27,28)/t16-,17-/m1/s1. The van der Waals surface area contributed by atoms with E-state index in [0.717, 1.165) is 20.9 Å². The Morgan fingerprint density at radius 2 is 1.97 bits per heavy atom. The molecular weight excluding hydrogens is 471 g/mol. The number of aryl methyl sites for hydroxylation is 1. The lowest BCUT2D eigenvalue weighted by Gasteiger charge is -2.19. The number of carbonyl (C=O) groups excluding carboxylic acids is 1. The van der Waals surface area contributed by atoms with Crippen LogP contribution in [0.2, 0.25) is 0 Å². The first-order chi connectivity index (χ1) is 16.0. The van der Waals surface area contributed by atoms with Crippen LogP contribution in [0.4, 0.5) is 24.9 Å². The first-order valence-corrected chi connectivity index (χ1v) is 11.3. The van der Waals surface area contributed by atoms with Crippen LogP contribution in [0.25, 0.3) is 10.2 Å². The van der Waals surface area contributed by atoms with Crippen molar-refractivity contribution in [1.29, 1.82) is 0 Å². The number of likely N-dealkylation sites (tertiary alicyclic amines) is 1. The van der Waals surface area contributed by atoms with E-state index in [4.69, 9.17) is 0 Å². The molecule has 1 fully saturated rings. The van der Waals surface area contributed by atoms with Gasteiger partial charge in [-0.2, -0.15) is 4.98 Å². The molecule has 1 aliphatic heterocycles. The van der Waals surface area contributed by atoms with Crippen molar-refractivity contribution in [3.63, 3.8) is 0 Å². The number of thiophene rings is 1. The molecule has 0 saturated carbocycles. The van der Waals surface area contributed by atoms with Gasteiger partial charge in [-0.05, 0) is 30.7 Å². The molecule has 4 rings (SSSR count).